The van der Waals surface area contributed by atoms with E-state index in [4.69, 9.17) is 4.18 Å². The molecule has 144 valence electrons. The monoisotopic (exact) mass is 381 g/mol. The van der Waals surface area contributed by atoms with Crippen molar-refractivity contribution in [3.63, 3.8) is 0 Å². The van der Waals surface area contributed by atoms with Gasteiger partial charge in [-0.1, -0.05) is 0 Å². The molecule has 0 aromatic carbocycles. The molecule has 9 heteroatoms. The summed E-state index contributed by atoms with van der Waals surface area (Å²) in [6.07, 6.45) is 4.47. The second-order valence-electron chi connectivity index (χ2n) is 6.80. The van der Waals surface area contributed by atoms with Crippen LogP contribution in [-0.4, -0.2) is 81.3 Å². The lowest BCUT2D eigenvalue weighted by Crippen LogP contribution is -2.32. The minimum Gasteiger partial charge on any atom is -0.355 e. The van der Waals surface area contributed by atoms with Gasteiger partial charge in [0.05, 0.1) is 12.9 Å². The van der Waals surface area contributed by atoms with Gasteiger partial charge in [0, 0.05) is 38.8 Å². The molecule has 1 atom stereocenters. The van der Waals surface area contributed by atoms with E-state index < -0.39 is 10.1 Å². The van der Waals surface area contributed by atoms with E-state index >= 15 is 0 Å². The molecule has 2 aliphatic rings. The van der Waals surface area contributed by atoms with E-state index in [1.807, 2.05) is 17.0 Å². The molecule has 0 amide bonds. The standard InChI is InChI=1S/C17H27N5O3S/c1-15-5-3-6-20(15)7-4-8-21-9-10-22(11-12-25-26(2,23)24)17(21)16(13-18)14-19/h15H,3-12H2,1-2H3/t15-/m1/s1. The Balaban J connectivity index is 1.96. The van der Waals surface area contributed by atoms with Crippen LogP contribution in [0.2, 0.25) is 0 Å². The Morgan fingerprint density at radius 1 is 1.15 bits per heavy atom. The van der Waals surface area contributed by atoms with Crippen molar-refractivity contribution < 1.29 is 12.6 Å². The molecular formula is C17H27N5O3S. The first kappa shape index (κ1) is 20.5. The number of allylic oxidation sites excluding steroid dienone is 1. The summed E-state index contributed by atoms with van der Waals surface area (Å²) in [6.45, 7) is 6.87. The molecular weight excluding hydrogens is 354 g/mol. The average Bonchev–Trinajstić information content (AvgIpc) is 3.15. The van der Waals surface area contributed by atoms with Gasteiger partial charge < -0.3 is 14.7 Å². The van der Waals surface area contributed by atoms with E-state index in [9.17, 15) is 18.9 Å². The predicted molar refractivity (Wildman–Crippen MR) is 97.1 cm³/mol. The van der Waals surface area contributed by atoms with E-state index in [0.29, 0.717) is 25.0 Å². The van der Waals surface area contributed by atoms with Crippen LogP contribution in [0, 0.1) is 22.7 Å². The van der Waals surface area contributed by atoms with Gasteiger partial charge in [0.25, 0.3) is 10.1 Å². The normalized spacial score (nSPS) is 21.1. The molecule has 0 spiro atoms. The molecule has 0 radical (unpaired) electrons. The summed E-state index contributed by atoms with van der Waals surface area (Å²) in [5, 5.41) is 18.6. The molecule has 2 heterocycles. The number of hydrogen-bond donors (Lipinski definition) is 0. The Kier molecular flexibility index (Phi) is 7.27. The van der Waals surface area contributed by atoms with Gasteiger partial charge in [0.15, 0.2) is 5.57 Å². The Morgan fingerprint density at radius 3 is 2.35 bits per heavy atom. The summed E-state index contributed by atoms with van der Waals surface area (Å²) in [5.41, 5.74) is 0.0661. The molecule has 2 fully saturated rings. The molecule has 0 unspecified atom stereocenters. The second kappa shape index (κ2) is 9.22. The second-order valence-corrected chi connectivity index (χ2v) is 8.45. The highest BCUT2D eigenvalue weighted by molar-refractivity contribution is 7.85. The zero-order valence-corrected chi connectivity index (χ0v) is 16.3. The fourth-order valence-electron chi connectivity index (χ4n) is 3.62. The van der Waals surface area contributed by atoms with Gasteiger partial charge in [-0.05, 0) is 32.7 Å². The van der Waals surface area contributed by atoms with Crippen LogP contribution in [0.5, 0.6) is 0 Å². The molecule has 2 saturated heterocycles. The summed E-state index contributed by atoms with van der Waals surface area (Å²) in [4.78, 5) is 6.40. The molecule has 0 bridgehead atoms. The van der Waals surface area contributed by atoms with E-state index in [0.717, 1.165) is 38.9 Å². The number of nitrogens with zero attached hydrogens (tertiary/aromatic N) is 5. The van der Waals surface area contributed by atoms with Crippen molar-refractivity contribution in [2.24, 2.45) is 0 Å². The topological polar surface area (TPSA) is 101 Å². The van der Waals surface area contributed by atoms with Crippen molar-refractivity contribution >= 4 is 10.1 Å². The highest BCUT2D eigenvalue weighted by Crippen LogP contribution is 2.23. The Bertz CT molecular complexity index is 691. The van der Waals surface area contributed by atoms with Gasteiger partial charge in [0.2, 0.25) is 0 Å². The van der Waals surface area contributed by atoms with Crippen LogP contribution in [0.1, 0.15) is 26.2 Å². The largest absolute Gasteiger partial charge is 0.355 e. The summed E-state index contributed by atoms with van der Waals surface area (Å²) in [7, 11) is -3.50. The number of likely N-dealkylation sites (tertiary alicyclic amines) is 1. The van der Waals surface area contributed by atoms with E-state index in [2.05, 4.69) is 16.7 Å². The summed E-state index contributed by atoms with van der Waals surface area (Å²) in [6, 6.07) is 4.56. The third-order valence-electron chi connectivity index (χ3n) is 4.91. The summed E-state index contributed by atoms with van der Waals surface area (Å²) < 4.78 is 27.0. The van der Waals surface area contributed by atoms with Crippen molar-refractivity contribution in [2.45, 2.75) is 32.2 Å². The lowest BCUT2D eigenvalue weighted by molar-refractivity contribution is 0.237. The Morgan fingerprint density at radius 2 is 1.81 bits per heavy atom. The Labute approximate surface area is 156 Å². The molecule has 0 aromatic heterocycles. The highest BCUT2D eigenvalue weighted by atomic mass is 32.2. The highest BCUT2D eigenvalue weighted by Gasteiger charge is 2.28. The van der Waals surface area contributed by atoms with Crippen LogP contribution in [0.4, 0.5) is 0 Å². The van der Waals surface area contributed by atoms with E-state index in [-0.39, 0.29) is 12.2 Å². The minimum absolute atomic E-state index is 0.00556. The maximum absolute atomic E-state index is 11.1. The molecule has 26 heavy (non-hydrogen) atoms. The predicted octanol–water partition coefficient (Wildman–Crippen LogP) is 0.713. The van der Waals surface area contributed by atoms with Crippen molar-refractivity contribution in [2.75, 3.05) is 52.1 Å². The molecule has 2 rings (SSSR count). The lowest BCUT2D eigenvalue weighted by Gasteiger charge is -2.26. The molecule has 2 aliphatic heterocycles. The molecule has 0 saturated carbocycles. The SMILES string of the molecule is C[C@@H]1CCCN1CCCN1CCN(CCOS(C)(=O)=O)C1=C(C#N)C#N. The molecule has 0 N–H and O–H groups in total. The number of rotatable bonds is 8. The van der Waals surface area contributed by atoms with Crippen LogP contribution < -0.4 is 0 Å². The first-order valence-corrected chi connectivity index (χ1v) is 10.8. The van der Waals surface area contributed by atoms with E-state index in [1.54, 1.807) is 0 Å². The van der Waals surface area contributed by atoms with Crippen LogP contribution in [0.15, 0.2) is 11.4 Å². The first-order valence-electron chi connectivity index (χ1n) is 8.98. The molecule has 0 aliphatic carbocycles. The van der Waals surface area contributed by atoms with Crippen LogP contribution >= 0.6 is 0 Å². The third kappa shape index (κ3) is 5.60. The third-order valence-corrected chi connectivity index (χ3v) is 5.50. The van der Waals surface area contributed by atoms with Gasteiger partial charge in [-0.2, -0.15) is 18.9 Å². The first-order chi connectivity index (χ1) is 12.4. The maximum Gasteiger partial charge on any atom is 0.264 e. The van der Waals surface area contributed by atoms with Crippen molar-refractivity contribution in [3.05, 3.63) is 11.4 Å². The fourth-order valence-corrected chi connectivity index (χ4v) is 4.00. The average molecular weight is 382 g/mol. The van der Waals surface area contributed by atoms with Gasteiger partial charge >= 0.3 is 0 Å². The van der Waals surface area contributed by atoms with Crippen LogP contribution in [0.25, 0.3) is 0 Å². The van der Waals surface area contributed by atoms with Gasteiger partial charge in [-0.3, -0.25) is 4.18 Å². The number of hydrogen-bond acceptors (Lipinski definition) is 8. The zero-order valence-electron chi connectivity index (χ0n) is 15.5. The minimum atomic E-state index is -3.50. The molecule has 8 nitrogen and oxygen atoms in total. The maximum atomic E-state index is 11.1. The quantitative estimate of drug-likeness (QED) is 0.448. The lowest BCUT2D eigenvalue weighted by atomic mass is 10.2. The fraction of sp³-hybridized carbons (Fsp3) is 0.765. The van der Waals surface area contributed by atoms with Crippen molar-refractivity contribution in [1.82, 2.24) is 14.7 Å². The van der Waals surface area contributed by atoms with E-state index in [1.165, 1.54) is 12.8 Å². The number of nitriles is 2. The summed E-state index contributed by atoms with van der Waals surface area (Å²) >= 11 is 0. The van der Waals surface area contributed by atoms with Gasteiger partial charge in [-0.25, -0.2) is 0 Å². The Hall–Kier alpha value is -1.81. The zero-order chi connectivity index (χ0) is 19.2. The van der Waals surface area contributed by atoms with Gasteiger partial charge in [0.1, 0.15) is 18.0 Å². The van der Waals surface area contributed by atoms with Crippen LogP contribution in [-0.2, 0) is 14.3 Å². The van der Waals surface area contributed by atoms with Crippen molar-refractivity contribution in [3.8, 4) is 12.1 Å². The molecule has 0 aromatic rings. The van der Waals surface area contributed by atoms with Crippen LogP contribution in [0.3, 0.4) is 0 Å². The summed E-state index contributed by atoms with van der Waals surface area (Å²) in [5.74, 6) is 0.599. The van der Waals surface area contributed by atoms with Gasteiger partial charge in [-0.15, -0.1) is 0 Å². The van der Waals surface area contributed by atoms with Crippen molar-refractivity contribution in [1.29, 1.82) is 10.5 Å². The smallest absolute Gasteiger partial charge is 0.264 e.